The Kier molecular flexibility index (Phi) is 4.33. The molecule has 0 aliphatic heterocycles. The monoisotopic (exact) mass is 416 g/mol. The van der Waals surface area contributed by atoms with Gasteiger partial charge in [-0.05, 0) is 42.5 Å². The summed E-state index contributed by atoms with van der Waals surface area (Å²) >= 11 is 9.32. The molecule has 25 heavy (non-hydrogen) atoms. The predicted molar refractivity (Wildman–Crippen MR) is 96.3 cm³/mol. The van der Waals surface area contributed by atoms with Crippen molar-refractivity contribution in [2.24, 2.45) is 0 Å². The van der Waals surface area contributed by atoms with E-state index in [0.29, 0.717) is 22.6 Å². The van der Waals surface area contributed by atoms with Gasteiger partial charge in [0.2, 0.25) is 11.7 Å². The minimum absolute atomic E-state index is 0.110. The van der Waals surface area contributed by atoms with Gasteiger partial charge in [-0.25, -0.2) is 9.97 Å². The van der Waals surface area contributed by atoms with E-state index in [1.54, 1.807) is 12.1 Å². The van der Waals surface area contributed by atoms with Gasteiger partial charge in [0.1, 0.15) is 6.33 Å². The normalized spacial score (nSPS) is 11.0. The molecule has 0 radical (unpaired) electrons. The van der Waals surface area contributed by atoms with Crippen LogP contribution in [0.3, 0.4) is 0 Å². The molecule has 0 atom stereocenters. The molecule has 8 heteroatoms. The van der Waals surface area contributed by atoms with Crippen molar-refractivity contribution in [1.29, 1.82) is 0 Å². The molecular weight excluding hydrogens is 408 g/mol. The number of nitrogens with zero attached hydrogens (tertiary/aromatic N) is 4. The zero-order chi connectivity index (χ0) is 17.2. The number of aromatic nitrogens is 4. The fourth-order valence-corrected chi connectivity index (χ4v) is 2.77. The number of halogens is 2. The van der Waals surface area contributed by atoms with Crippen LogP contribution in [0.15, 0.2) is 57.8 Å². The van der Waals surface area contributed by atoms with Crippen molar-refractivity contribution in [3.8, 4) is 17.3 Å². The molecule has 0 bridgehead atoms. The molecule has 0 spiro atoms. The van der Waals surface area contributed by atoms with Gasteiger partial charge in [0.15, 0.2) is 6.61 Å². The van der Waals surface area contributed by atoms with Gasteiger partial charge in [-0.15, -0.1) is 0 Å². The Hall–Kier alpha value is -2.51. The van der Waals surface area contributed by atoms with E-state index in [2.05, 4.69) is 36.0 Å². The Morgan fingerprint density at radius 3 is 2.76 bits per heavy atom. The van der Waals surface area contributed by atoms with Crippen LogP contribution in [-0.4, -0.2) is 20.1 Å². The molecule has 4 aromatic rings. The average Bonchev–Trinajstić information content (AvgIpc) is 3.09. The number of benzene rings is 2. The van der Waals surface area contributed by atoms with Crippen molar-refractivity contribution in [2.45, 2.75) is 6.61 Å². The summed E-state index contributed by atoms with van der Waals surface area (Å²) in [5, 5.41) is 5.41. The molecule has 0 fully saturated rings. The van der Waals surface area contributed by atoms with Crippen LogP contribution >= 0.6 is 27.5 Å². The lowest BCUT2D eigenvalue weighted by molar-refractivity contribution is 0.238. The van der Waals surface area contributed by atoms with Gasteiger partial charge in [-0.3, -0.25) is 0 Å². The van der Waals surface area contributed by atoms with Gasteiger partial charge < -0.3 is 9.26 Å². The van der Waals surface area contributed by atoms with Crippen molar-refractivity contribution in [2.75, 3.05) is 0 Å². The summed E-state index contributed by atoms with van der Waals surface area (Å²) in [6, 6.07) is 12.9. The maximum Gasteiger partial charge on any atom is 0.264 e. The molecular formula is C17H10BrClN4O2. The summed E-state index contributed by atoms with van der Waals surface area (Å²) in [6.45, 7) is 0.110. The van der Waals surface area contributed by atoms with E-state index in [0.717, 1.165) is 20.9 Å². The Balaban J connectivity index is 1.54. The summed E-state index contributed by atoms with van der Waals surface area (Å²) in [5.74, 6) is 1.29. The van der Waals surface area contributed by atoms with Crippen molar-refractivity contribution in [1.82, 2.24) is 20.1 Å². The van der Waals surface area contributed by atoms with E-state index in [1.807, 2.05) is 30.3 Å². The molecule has 4 rings (SSSR count). The quantitative estimate of drug-likeness (QED) is 0.480. The van der Waals surface area contributed by atoms with Crippen LogP contribution in [0.1, 0.15) is 5.89 Å². The smallest absolute Gasteiger partial charge is 0.264 e. The second-order valence-electron chi connectivity index (χ2n) is 5.15. The SMILES string of the molecule is Clc1ccc(-c2noc(COc3ncnc4ccc(Br)cc34)n2)cc1. The van der Waals surface area contributed by atoms with Crippen molar-refractivity contribution < 1.29 is 9.26 Å². The van der Waals surface area contributed by atoms with E-state index < -0.39 is 0 Å². The predicted octanol–water partition coefficient (Wildman–Crippen LogP) is 4.67. The highest BCUT2D eigenvalue weighted by Gasteiger charge is 2.11. The van der Waals surface area contributed by atoms with Crippen LogP contribution in [0.25, 0.3) is 22.3 Å². The van der Waals surface area contributed by atoms with E-state index in [-0.39, 0.29) is 6.61 Å². The Bertz CT molecular complexity index is 1040. The molecule has 0 N–H and O–H groups in total. The third-order valence-corrected chi connectivity index (χ3v) is 4.21. The molecule has 0 aliphatic rings. The zero-order valence-corrected chi connectivity index (χ0v) is 15.0. The third-order valence-electron chi connectivity index (χ3n) is 3.46. The summed E-state index contributed by atoms with van der Waals surface area (Å²) in [5.41, 5.74) is 1.61. The molecule has 0 unspecified atom stereocenters. The Morgan fingerprint density at radius 2 is 1.92 bits per heavy atom. The first-order chi connectivity index (χ1) is 12.2. The molecule has 0 saturated heterocycles. The van der Waals surface area contributed by atoms with Crippen LogP contribution in [-0.2, 0) is 6.61 Å². The van der Waals surface area contributed by atoms with Crippen LogP contribution in [0.4, 0.5) is 0 Å². The third kappa shape index (κ3) is 3.47. The van der Waals surface area contributed by atoms with Crippen LogP contribution < -0.4 is 4.74 Å². The number of hydrogen-bond acceptors (Lipinski definition) is 6. The van der Waals surface area contributed by atoms with Gasteiger partial charge in [0.05, 0.1) is 10.9 Å². The minimum atomic E-state index is 0.110. The topological polar surface area (TPSA) is 73.9 Å². The van der Waals surface area contributed by atoms with Gasteiger partial charge in [-0.2, -0.15) is 4.98 Å². The molecule has 2 aromatic heterocycles. The minimum Gasteiger partial charge on any atom is -0.467 e. The second-order valence-corrected chi connectivity index (χ2v) is 6.50. The lowest BCUT2D eigenvalue weighted by Crippen LogP contribution is -1.99. The van der Waals surface area contributed by atoms with Crippen molar-refractivity contribution in [3.05, 3.63) is 64.2 Å². The molecule has 0 amide bonds. The first-order valence-electron chi connectivity index (χ1n) is 7.30. The van der Waals surface area contributed by atoms with Gasteiger partial charge in [0, 0.05) is 15.1 Å². The van der Waals surface area contributed by atoms with E-state index in [1.165, 1.54) is 6.33 Å². The standard InChI is InChI=1S/C17H10BrClN4O2/c18-11-3-6-14-13(7-11)17(21-9-20-14)24-8-15-22-16(23-25-15)10-1-4-12(19)5-2-10/h1-7,9H,8H2. The maximum atomic E-state index is 5.88. The van der Waals surface area contributed by atoms with E-state index in [9.17, 15) is 0 Å². The highest BCUT2D eigenvalue weighted by Crippen LogP contribution is 2.25. The average molecular weight is 418 g/mol. The first kappa shape index (κ1) is 16.0. The first-order valence-corrected chi connectivity index (χ1v) is 8.48. The fourth-order valence-electron chi connectivity index (χ4n) is 2.28. The van der Waals surface area contributed by atoms with Crippen molar-refractivity contribution >= 4 is 38.4 Å². The summed E-state index contributed by atoms with van der Waals surface area (Å²) in [7, 11) is 0. The lowest BCUT2D eigenvalue weighted by atomic mass is 10.2. The molecule has 2 aromatic carbocycles. The number of ether oxygens (including phenoxy) is 1. The number of hydrogen-bond donors (Lipinski definition) is 0. The largest absolute Gasteiger partial charge is 0.467 e. The molecule has 2 heterocycles. The maximum absolute atomic E-state index is 5.88. The van der Waals surface area contributed by atoms with Crippen LogP contribution in [0.2, 0.25) is 5.02 Å². The highest BCUT2D eigenvalue weighted by atomic mass is 79.9. The molecule has 124 valence electrons. The van der Waals surface area contributed by atoms with Crippen LogP contribution in [0.5, 0.6) is 5.88 Å². The molecule has 0 saturated carbocycles. The number of rotatable bonds is 4. The Labute approximate surface area is 156 Å². The summed E-state index contributed by atoms with van der Waals surface area (Å²) < 4.78 is 11.9. The van der Waals surface area contributed by atoms with Gasteiger partial charge >= 0.3 is 0 Å². The van der Waals surface area contributed by atoms with Crippen LogP contribution in [0, 0.1) is 0 Å². The van der Waals surface area contributed by atoms with Gasteiger partial charge in [0.25, 0.3) is 5.89 Å². The van der Waals surface area contributed by atoms with E-state index >= 15 is 0 Å². The van der Waals surface area contributed by atoms with E-state index in [4.69, 9.17) is 20.9 Å². The Morgan fingerprint density at radius 1 is 1.08 bits per heavy atom. The highest BCUT2D eigenvalue weighted by molar-refractivity contribution is 9.10. The number of fused-ring (bicyclic) bond motifs is 1. The summed E-state index contributed by atoms with van der Waals surface area (Å²) in [6.07, 6.45) is 1.46. The molecule has 6 nitrogen and oxygen atoms in total. The molecule has 0 aliphatic carbocycles. The van der Waals surface area contributed by atoms with Crippen molar-refractivity contribution in [3.63, 3.8) is 0 Å². The summed E-state index contributed by atoms with van der Waals surface area (Å²) in [4.78, 5) is 12.7. The second kappa shape index (κ2) is 6.78. The fraction of sp³-hybridized carbons (Fsp3) is 0.0588. The zero-order valence-electron chi connectivity index (χ0n) is 12.7. The lowest BCUT2D eigenvalue weighted by Gasteiger charge is -2.05. The van der Waals surface area contributed by atoms with Gasteiger partial charge in [-0.1, -0.05) is 32.7 Å².